The molecule has 3 aliphatic rings. The van der Waals surface area contributed by atoms with E-state index in [-0.39, 0.29) is 24.7 Å². The summed E-state index contributed by atoms with van der Waals surface area (Å²) in [7, 11) is -1.54. The molecule has 4 rings (SSSR count). The molecule has 1 fully saturated rings. The van der Waals surface area contributed by atoms with E-state index in [1.807, 2.05) is 25.1 Å². The van der Waals surface area contributed by atoms with E-state index in [1.165, 1.54) is 0 Å². The first-order valence-electron chi connectivity index (χ1n) is 10.9. The van der Waals surface area contributed by atoms with Crippen LogP contribution in [0, 0.1) is 0 Å². The third kappa shape index (κ3) is 6.18. The number of carbonyl (C=O) groups excluding carboxylic acids is 1. The van der Waals surface area contributed by atoms with Gasteiger partial charge in [-0.05, 0) is 56.1 Å². The molecular formula is C22H34N2O5S. The van der Waals surface area contributed by atoms with Crippen molar-refractivity contribution in [1.82, 2.24) is 9.62 Å². The molecule has 0 radical (unpaired) electrons. The third-order valence-electron chi connectivity index (χ3n) is 6.07. The average Bonchev–Trinajstić information content (AvgIpc) is 2.73. The number of amides is 1. The Hall–Kier alpha value is -1.64. The van der Waals surface area contributed by atoms with E-state index in [0.29, 0.717) is 25.3 Å². The largest absolute Gasteiger partial charge is 0.480 e. The summed E-state index contributed by atoms with van der Waals surface area (Å²) >= 11 is 0. The number of likely N-dealkylation sites (N-methyl/N-ethyl adjacent to an activating group) is 1. The van der Waals surface area contributed by atoms with Gasteiger partial charge >= 0.3 is 0 Å². The van der Waals surface area contributed by atoms with Crippen molar-refractivity contribution in [2.45, 2.75) is 69.7 Å². The zero-order valence-electron chi connectivity index (χ0n) is 18.2. The van der Waals surface area contributed by atoms with Crippen molar-refractivity contribution < 1.29 is 22.7 Å². The minimum absolute atomic E-state index is 0.0654. The van der Waals surface area contributed by atoms with Crippen LogP contribution in [0.15, 0.2) is 24.3 Å². The minimum atomic E-state index is -3.30. The van der Waals surface area contributed by atoms with Gasteiger partial charge in [0.1, 0.15) is 5.75 Å². The third-order valence-corrected chi connectivity index (χ3v) is 6.76. The number of hydrogen-bond donors (Lipinski definition) is 1. The van der Waals surface area contributed by atoms with Crippen LogP contribution in [0.2, 0.25) is 0 Å². The van der Waals surface area contributed by atoms with E-state index in [2.05, 4.69) is 10.8 Å². The summed E-state index contributed by atoms with van der Waals surface area (Å²) in [6, 6.07) is 8.05. The number of nitrogens with one attached hydrogen (secondary N) is 1. The smallest absolute Gasteiger partial charge is 0.263 e. The normalized spacial score (nSPS) is 28.5. The fourth-order valence-electron chi connectivity index (χ4n) is 4.33. The maximum absolute atomic E-state index is 13.0. The number of benzene rings is 1. The highest BCUT2D eigenvalue weighted by Crippen LogP contribution is 2.39. The predicted molar refractivity (Wildman–Crippen MR) is 116 cm³/mol. The maximum atomic E-state index is 13.0. The van der Waals surface area contributed by atoms with Crippen molar-refractivity contribution in [2.75, 3.05) is 26.4 Å². The summed E-state index contributed by atoms with van der Waals surface area (Å²) in [5.74, 6) is 1.12. The van der Waals surface area contributed by atoms with Gasteiger partial charge < -0.3 is 14.4 Å². The minimum Gasteiger partial charge on any atom is -0.480 e. The molecule has 30 heavy (non-hydrogen) atoms. The second-order valence-corrected chi connectivity index (χ2v) is 10.3. The average molecular weight is 439 g/mol. The molecule has 2 aliphatic heterocycles. The van der Waals surface area contributed by atoms with E-state index in [4.69, 9.17) is 9.47 Å². The van der Waals surface area contributed by atoms with Crippen LogP contribution in [0.25, 0.3) is 0 Å². The molecule has 2 bridgehead atoms. The van der Waals surface area contributed by atoms with E-state index in [1.54, 1.807) is 11.9 Å². The van der Waals surface area contributed by atoms with Crippen LogP contribution in [0.3, 0.4) is 0 Å². The molecule has 2 atom stereocenters. The highest BCUT2D eigenvalue weighted by atomic mass is 32.2. The Balaban J connectivity index is 1.83. The van der Waals surface area contributed by atoms with Gasteiger partial charge in [0.15, 0.2) is 6.10 Å². The Bertz CT molecular complexity index is 821. The summed E-state index contributed by atoms with van der Waals surface area (Å²) in [5, 5.41) is 0. The van der Waals surface area contributed by atoms with Crippen molar-refractivity contribution in [3.63, 3.8) is 0 Å². The van der Waals surface area contributed by atoms with Gasteiger partial charge in [0.25, 0.3) is 5.91 Å². The molecule has 0 saturated heterocycles. The number of nitrogens with zero attached hydrogens (tertiary/aromatic N) is 1. The molecule has 0 spiro atoms. The maximum Gasteiger partial charge on any atom is 0.263 e. The van der Waals surface area contributed by atoms with E-state index in [0.717, 1.165) is 43.3 Å². The standard InChI is InChI=1S/C22H34N2O5S/c1-4-20-22(25)24(2)14-13-18(15-23-30(3,26)27)28-17-11-9-16(10-12-17)19-7-5-6-8-21(19)29-20/h5-8,16-18,20,23H,4,9-15H2,1-3H3/t16?,17?,18?,20-/m0/s1. The van der Waals surface area contributed by atoms with E-state index < -0.39 is 16.1 Å². The highest BCUT2D eigenvalue weighted by molar-refractivity contribution is 7.88. The van der Waals surface area contributed by atoms with Crippen LogP contribution >= 0.6 is 0 Å². The second-order valence-electron chi connectivity index (χ2n) is 8.45. The monoisotopic (exact) mass is 438 g/mol. The molecule has 1 saturated carbocycles. The first-order chi connectivity index (χ1) is 14.3. The second kappa shape index (κ2) is 10.1. The molecule has 1 N–H and O–H groups in total. The summed E-state index contributed by atoms with van der Waals surface area (Å²) in [6.45, 7) is 2.65. The first kappa shape index (κ1) is 23.0. The van der Waals surface area contributed by atoms with Gasteiger partial charge in [0.2, 0.25) is 10.0 Å². The number of sulfonamides is 1. The number of carbonyl (C=O) groups is 1. The molecule has 2 heterocycles. The summed E-state index contributed by atoms with van der Waals surface area (Å²) < 4.78 is 38.2. The number of ether oxygens (including phenoxy) is 2. The number of hydrogen-bond acceptors (Lipinski definition) is 5. The van der Waals surface area contributed by atoms with Gasteiger partial charge in [-0.15, -0.1) is 0 Å². The van der Waals surface area contributed by atoms with Gasteiger partial charge in [0, 0.05) is 20.1 Å². The van der Waals surface area contributed by atoms with Gasteiger partial charge in [-0.25, -0.2) is 13.1 Å². The van der Waals surface area contributed by atoms with E-state index >= 15 is 0 Å². The molecule has 8 heteroatoms. The highest BCUT2D eigenvalue weighted by Gasteiger charge is 2.30. The first-order valence-corrected chi connectivity index (χ1v) is 12.8. The lowest BCUT2D eigenvalue weighted by Crippen LogP contribution is -2.43. The quantitative estimate of drug-likeness (QED) is 0.781. The molecule has 7 nitrogen and oxygen atoms in total. The lowest BCUT2D eigenvalue weighted by Gasteiger charge is -2.34. The predicted octanol–water partition coefficient (Wildman–Crippen LogP) is 2.67. The van der Waals surface area contributed by atoms with E-state index in [9.17, 15) is 13.2 Å². The molecule has 1 amide bonds. The Morgan fingerprint density at radius 3 is 2.50 bits per heavy atom. The number of fused-ring (bicyclic) bond motifs is 9. The molecule has 1 aliphatic carbocycles. The molecule has 1 aromatic carbocycles. The van der Waals surface area contributed by atoms with Gasteiger partial charge in [-0.3, -0.25) is 4.79 Å². The molecule has 1 unspecified atom stereocenters. The Labute approximate surface area is 180 Å². The fraction of sp³-hybridized carbons (Fsp3) is 0.682. The van der Waals surface area contributed by atoms with Crippen molar-refractivity contribution in [3.05, 3.63) is 29.8 Å². The number of rotatable bonds is 4. The molecular weight excluding hydrogens is 404 g/mol. The van der Waals surface area contributed by atoms with Crippen LogP contribution in [0.5, 0.6) is 5.75 Å². The molecule has 0 aromatic heterocycles. The molecule has 168 valence electrons. The van der Waals surface area contributed by atoms with Gasteiger partial charge in [-0.1, -0.05) is 25.1 Å². The lowest BCUT2D eigenvalue weighted by atomic mass is 9.82. The zero-order valence-corrected chi connectivity index (χ0v) is 19.0. The van der Waals surface area contributed by atoms with Crippen LogP contribution in [0.1, 0.15) is 56.9 Å². The summed E-state index contributed by atoms with van der Waals surface area (Å²) in [4.78, 5) is 14.7. The van der Waals surface area contributed by atoms with Gasteiger partial charge in [-0.2, -0.15) is 0 Å². The molecule has 1 aromatic rings. The Morgan fingerprint density at radius 1 is 1.13 bits per heavy atom. The Kier molecular flexibility index (Phi) is 7.76. The number of para-hydroxylation sites is 1. The topological polar surface area (TPSA) is 84.9 Å². The fourth-order valence-corrected chi connectivity index (χ4v) is 4.81. The Morgan fingerprint density at radius 2 is 1.83 bits per heavy atom. The van der Waals surface area contributed by atoms with Crippen LogP contribution < -0.4 is 9.46 Å². The summed E-state index contributed by atoms with van der Waals surface area (Å²) in [5.41, 5.74) is 1.16. The SMILES string of the molecule is CC[C@@H]1Oc2ccccc2C2CCC(CC2)OC(CNS(C)(=O)=O)CCN(C)C1=O. The van der Waals surface area contributed by atoms with Crippen LogP contribution in [-0.4, -0.2) is 63.9 Å². The summed E-state index contributed by atoms with van der Waals surface area (Å²) in [6.07, 6.45) is 5.43. The van der Waals surface area contributed by atoms with Crippen LogP contribution in [0.4, 0.5) is 0 Å². The van der Waals surface area contributed by atoms with Crippen molar-refractivity contribution in [3.8, 4) is 5.75 Å². The van der Waals surface area contributed by atoms with Crippen LogP contribution in [-0.2, 0) is 19.6 Å². The van der Waals surface area contributed by atoms with Gasteiger partial charge in [0.05, 0.1) is 18.5 Å². The van der Waals surface area contributed by atoms with Crippen molar-refractivity contribution in [2.24, 2.45) is 0 Å². The zero-order chi connectivity index (χ0) is 21.7. The van der Waals surface area contributed by atoms with Crippen molar-refractivity contribution in [1.29, 1.82) is 0 Å². The lowest BCUT2D eigenvalue weighted by molar-refractivity contribution is -0.138. The van der Waals surface area contributed by atoms with Crippen molar-refractivity contribution >= 4 is 15.9 Å².